The number of alkyl halides is 2. The normalized spacial score (nSPS) is 16.6. The fourth-order valence-corrected chi connectivity index (χ4v) is 4.75. The van der Waals surface area contributed by atoms with Gasteiger partial charge in [0.05, 0.1) is 0 Å². The van der Waals surface area contributed by atoms with Crippen LogP contribution in [0.15, 0.2) is 30.6 Å². The van der Waals surface area contributed by atoms with Crippen LogP contribution in [0.2, 0.25) is 5.02 Å². The van der Waals surface area contributed by atoms with E-state index < -0.39 is 23.2 Å². The molecule has 2 atom stereocenters. The van der Waals surface area contributed by atoms with Crippen LogP contribution in [0.25, 0.3) is 0 Å². The fourth-order valence-electron chi connectivity index (χ4n) is 4.49. The standard InChI is InChI=1S/C25H32ClF2N5O2/c1-15-30-12-18(13-31-15)20(25(7-8-25)24(2,27)28)11-22(34)32-14-19(33(3)4)9-16-5-6-17(23(29)35)10-21(16)26/h5-6,10,12-13,19-20H,7-9,11,14H2,1-4H3,(H2,29,35)(H,32,34)/t19-,20?/m0/s1. The van der Waals surface area contributed by atoms with E-state index in [9.17, 15) is 18.4 Å². The average molecular weight is 508 g/mol. The Kier molecular flexibility index (Phi) is 8.11. The van der Waals surface area contributed by atoms with E-state index in [1.54, 1.807) is 31.5 Å². The summed E-state index contributed by atoms with van der Waals surface area (Å²) in [6, 6.07) is 4.77. The highest BCUT2D eigenvalue weighted by molar-refractivity contribution is 6.31. The molecule has 0 spiro atoms. The molecule has 190 valence electrons. The molecular formula is C25H32ClF2N5O2. The first-order valence-corrected chi connectivity index (χ1v) is 11.9. The maximum absolute atomic E-state index is 14.6. The first-order chi connectivity index (χ1) is 16.3. The molecule has 1 unspecified atom stereocenters. The number of hydrogen-bond acceptors (Lipinski definition) is 5. The van der Waals surface area contributed by atoms with Crippen LogP contribution in [0.5, 0.6) is 0 Å². The van der Waals surface area contributed by atoms with Gasteiger partial charge in [-0.1, -0.05) is 17.7 Å². The zero-order valence-corrected chi connectivity index (χ0v) is 21.2. The molecule has 35 heavy (non-hydrogen) atoms. The van der Waals surface area contributed by atoms with Crippen molar-refractivity contribution in [1.29, 1.82) is 0 Å². The van der Waals surface area contributed by atoms with Crippen molar-refractivity contribution in [3.05, 3.63) is 58.1 Å². The summed E-state index contributed by atoms with van der Waals surface area (Å²) in [5.74, 6) is -3.94. The van der Waals surface area contributed by atoms with Gasteiger partial charge in [-0.3, -0.25) is 9.59 Å². The van der Waals surface area contributed by atoms with E-state index in [1.807, 2.05) is 19.0 Å². The highest BCUT2D eigenvalue weighted by Gasteiger charge is 2.63. The minimum atomic E-state index is -2.93. The molecule has 1 aromatic carbocycles. The van der Waals surface area contributed by atoms with Crippen molar-refractivity contribution in [2.75, 3.05) is 20.6 Å². The van der Waals surface area contributed by atoms with Crippen LogP contribution in [0, 0.1) is 12.3 Å². The van der Waals surface area contributed by atoms with Gasteiger partial charge < -0.3 is 16.0 Å². The predicted octanol–water partition coefficient (Wildman–Crippen LogP) is 3.74. The van der Waals surface area contributed by atoms with Gasteiger partial charge in [-0.15, -0.1) is 0 Å². The predicted molar refractivity (Wildman–Crippen MR) is 131 cm³/mol. The number of carbonyl (C=O) groups is 2. The van der Waals surface area contributed by atoms with E-state index in [4.69, 9.17) is 17.3 Å². The lowest BCUT2D eigenvalue weighted by Gasteiger charge is -2.32. The van der Waals surface area contributed by atoms with Crippen LogP contribution in [0.1, 0.15) is 59.4 Å². The van der Waals surface area contributed by atoms with E-state index in [1.165, 1.54) is 6.07 Å². The summed E-state index contributed by atoms with van der Waals surface area (Å²) in [7, 11) is 3.76. The molecule has 0 saturated heterocycles. The molecule has 2 aromatic rings. The zero-order valence-electron chi connectivity index (χ0n) is 20.4. The van der Waals surface area contributed by atoms with Gasteiger partial charge in [-0.2, -0.15) is 0 Å². The first-order valence-electron chi connectivity index (χ1n) is 11.5. The van der Waals surface area contributed by atoms with Crippen molar-refractivity contribution in [1.82, 2.24) is 20.2 Å². The number of aryl methyl sites for hydroxylation is 1. The number of carbonyl (C=O) groups excluding carboxylic acids is 2. The summed E-state index contributed by atoms with van der Waals surface area (Å²) in [4.78, 5) is 34.6. The Morgan fingerprint density at radius 1 is 1.26 bits per heavy atom. The molecule has 2 amide bonds. The van der Waals surface area contributed by atoms with Gasteiger partial charge in [-0.05, 0) is 70.5 Å². The van der Waals surface area contributed by atoms with Gasteiger partial charge in [0.2, 0.25) is 11.8 Å². The Hall–Kier alpha value is -2.65. The van der Waals surface area contributed by atoms with E-state index in [2.05, 4.69) is 15.3 Å². The molecule has 1 fully saturated rings. The Morgan fingerprint density at radius 3 is 2.37 bits per heavy atom. The fraction of sp³-hybridized carbons (Fsp3) is 0.520. The molecule has 0 bridgehead atoms. The van der Waals surface area contributed by atoms with E-state index in [0.717, 1.165) is 12.5 Å². The van der Waals surface area contributed by atoms with Gasteiger partial charge in [0.25, 0.3) is 5.92 Å². The molecule has 1 aromatic heterocycles. The molecule has 0 radical (unpaired) electrons. The van der Waals surface area contributed by atoms with Crippen molar-refractivity contribution < 1.29 is 18.4 Å². The number of nitrogens with zero attached hydrogens (tertiary/aromatic N) is 3. The molecule has 10 heteroatoms. The van der Waals surface area contributed by atoms with Crippen molar-refractivity contribution in [3.8, 4) is 0 Å². The van der Waals surface area contributed by atoms with Crippen LogP contribution < -0.4 is 11.1 Å². The quantitative estimate of drug-likeness (QED) is 0.482. The number of amides is 2. The monoisotopic (exact) mass is 507 g/mol. The van der Waals surface area contributed by atoms with Gasteiger partial charge in [0.1, 0.15) is 5.82 Å². The van der Waals surface area contributed by atoms with Crippen molar-refractivity contribution in [2.45, 2.75) is 57.4 Å². The Labute approximate surface area is 209 Å². The lowest BCUT2D eigenvalue weighted by molar-refractivity contribution is -0.123. The molecule has 7 nitrogen and oxygen atoms in total. The van der Waals surface area contributed by atoms with Gasteiger partial charge in [-0.25, -0.2) is 18.7 Å². The van der Waals surface area contributed by atoms with Crippen molar-refractivity contribution in [3.63, 3.8) is 0 Å². The van der Waals surface area contributed by atoms with Crippen LogP contribution >= 0.6 is 11.6 Å². The molecule has 1 heterocycles. The summed E-state index contributed by atoms with van der Waals surface area (Å²) < 4.78 is 29.2. The highest BCUT2D eigenvalue weighted by atomic mass is 35.5. The number of rotatable bonds is 11. The number of benzene rings is 1. The third-order valence-electron chi connectivity index (χ3n) is 6.98. The lowest BCUT2D eigenvalue weighted by Crippen LogP contribution is -2.43. The SMILES string of the molecule is Cc1ncc(C(CC(=O)NC[C@H](Cc2ccc(C(N)=O)cc2Cl)N(C)C)C2(C(C)(F)F)CC2)cn1. The minimum absolute atomic E-state index is 0.0793. The van der Waals surface area contributed by atoms with Gasteiger partial charge >= 0.3 is 0 Å². The number of hydrogen-bond donors (Lipinski definition) is 2. The Bertz CT molecular complexity index is 1070. The molecule has 1 saturated carbocycles. The second kappa shape index (κ2) is 10.5. The maximum Gasteiger partial charge on any atom is 0.251 e. The third kappa shape index (κ3) is 6.32. The van der Waals surface area contributed by atoms with Crippen LogP contribution in [-0.2, 0) is 11.2 Å². The van der Waals surface area contributed by atoms with Crippen LogP contribution in [0.3, 0.4) is 0 Å². The number of likely N-dealkylation sites (N-methyl/N-ethyl adjacent to an activating group) is 1. The second-order valence-electron chi connectivity index (χ2n) is 9.66. The number of halogens is 3. The molecule has 3 rings (SSSR count). The summed E-state index contributed by atoms with van der Waals surface area (Å²) in [5.41, 5.74) is 5.72. The lowest BCUT2D eigenvalue weighted by atomic mass is 9.78. The summed E-state index contributed by atoms with van der Waals surface area (Å²) in [6.07, 6.45) is 4.23. The van der Waals surface area contributed by atoms with E-state index in [-0.39, 0.29) is 18.4 Å². The Morgan fingerprint density at radius 2 is 1.89 bits per heavy atom. The molecule has 0 aliphatic heterocycles. The number of aromatic nitrogens is 2. The molecular weight excluding hydrogens is 476 g/mol. The van der Waals surface area contributed by atoms with Crippen molar-refractivity contribution >= 4 is 23.4 Å². The highest BCUT2D eigenvalue weighted by Crippen LogP contribution is 2.65. The maximum atomic E-state index is 14.6. The van der Waals surface area contributed by atoms with Crippen molar-refractivity contribution in [2.24, 2.45) is 11.1 Å². The summed E-state index contributed by atoms with van der Waals surface area (Å²) >= 11 is 6.34. The molecule has 3 N–H and O–H groups in total. The topological polar surface area (TPSA) is 101 Å². The van der Waals surface area contributed by atoms with Crippen LogP contribution in [-0.4, -0.2) is 59.3 Å². The second-order valence-corrected chi connectivity index (χ2v) is 10.1. The van der Waals surface area contributed by atoms with Crippen LogP contribution in [0.4, 0.5) is 8.78 Å². The van der Waals surface area contributed by atoms with Gasteiger partial charge in [0.15, 0.2) is 0 Å². The number of nitrogens with one attached hydrogen (secondary N) is 1. The largest absolute Gasteiger partial charge is 0.366 e. The smallest absolute Gasteiger partial charge is 0.251 e. The average Bonchev–Trinajstić information content (AvgIpc) is 3.58. The van der Waals surface area contributed by atoms with E-state index >= 15 is 0 Å². The zero-order chi connectivity index (χ0) is 26.0. The summed E-state index contributed by atoms with van der Waals surface area (Å²) in [6.45, 7) is 2.95. The molecule has 1 aliphatic carbocycles. The third-order valence-corrected chi connectivity index (χ3v) is 7.33. The van der Waals surface area contributed by atoms with Gasteiger partial charge in [0, 0.05) is 53.3 Å². The summed E-state index contributed by atoms with van der Waals surface area (Å²) in [5, 5.41) is 3.33. The minimum Gasteiger partial charge on any atom is -0.366 e. The molecule has 1 aliphatic rings. The number of primary amides is 1. The number of nitrogens with two attached hydrogens (primary N) is 1. The first kappa shape index (κ1) is 26.9. The van der Waals surface area contributed by atoms with E-state index in [0.29, 0.717) is 47.8 Å². The Balaban J connectivity index is 1.71.